The molecule has 1 N–H and O–H groups in total. The first-order valence-corrected chi connectivity index (χ1v) is 6.47. The lowest BCUT2D eigenvalue weighted by Gasteiger charge is -2.40. The molecule has 2 aliphatic carbocycles. The maximum absolute atomic E-state index is 12.4. The molecule has 2 aliphatic rings. The van der Waals surface area contributed by atoms with Crippen LogP contribution < -0.4 is 0 Å². The van der Waals surface area contributed by atoms with Crippen LogP contribution in [0.4, 0.5) is 0 Å². The van der Waals surface area contributed by atoms with Gasteiger partial charge in [-0.25, -0.2) is 0 Å². The van der Waals surface area contributed by atoms with E-state index in [1.807, 2.05) is 19.9 Å². The van der Waals surface area contributed by atoms with Gasteiger partial charge in [-0.3, -0.25) is 9.59 Å². The summed E-state index contributed by atoms with van der Waals surface area (Å²) in [7, 11) is 0. The Kier molecular flexibility index (Phi) is 3.18. The second kappa shape index (κ2) is 4.38. The van der Waals surface area contributed by atoms with Gasteiger partial charge >= 0.3 is 5.97 Å². The highest BCUT2D eigenvalue weighted by Crippen LogP contribution is 2.48. The third-order valence-corrected chi connectivity index (χ3v) is 4.56. The largest absolute Gasteiger partial charge is 0.481 e. The minimum absolute atomic E-state index is 0.00708. The minimum atomic E-state index is -0.956. The van der Waals surface area contributed by atoms with Crippen LogP contribution in [0.25, 0.3) is 0 Å². The molecule has 3 atom stereocenters. The molecule has 0 amide bonds. The quantitative estimate of drug-likeness (QED) is 0.726. The van der Waals surface area contributed by atoms with Gasteiger partial charge in [-0.1, -0.05) is 17.2 Å². The number of carboxylic acid groups (broad SMARTS) is 1. The van der Waals surface area contributed by atoms with Crippen LogP contribution in [0.5, 0.6) is 0 Å². The zero-order valence-corrected chi connectivity index (χ0v) is 11.2. The zero-order valence-electron chi connectivity index (χ0n) is 11.2. The summed E-state index contributed by atoms with van der Waals surface area (Å²) in [6.07, 6.45) is 5.87. The minimum Gasteiger partial charge on any atom is -0.481 e. The lowest BCUT2D eigenvalue weighted by Crippen LogP contribution is -2.45. The van der Waals surface area contributed by atoms with Gasteiger partial charge in [0.1, 0.15) is 0 Å². The van der Waals surface area contributed by atoms with Gasteiger partial charge in [-0.05, 0) is 52.0 Å². The second-order valence-electron chi connectivity index (χ2n) is 5.89. The van der Waals surface area contributed by atoms with E-state index in [-0.39, 0.29) is 11.7 Å². The van der Waals surface area contributed by atoms with E-state index in [1.54, 1.807) is 13.0 Å². The maximum Gasteiger partial charge on any atom is 0.310 e. The second-order valence-corrected chi connectivity index (χ2v) is 5.89. The number of aliphatic carboxylic acids is 1. The molecular formula is C15H20O3. The van der Waals surface area contributed by atoms with Crippen molar-refractivity contribution in [2.75, 3.05) is 0 Å². The van der Waals surface area contributed by atoms with Crippen molar-refractivity contribution in [1.29, 1.82) is 0 Å². The lowest BCUT2D eigenvalue weighted by atomic mass is 9.61. The van der Waals surface area contributed by atoms with Crippen LogP contribution in [0.15, 0.2) is 23.3 Å². The molecule has 0 aliphatic heterocycles. The average Bonchev–Trinajstić information content (AvgIpc) is 2.43. The van der Waals surface area contributed by atoms with E-state index in [2.05, 4.69) is 0 Å². The van der Waals surface area contributed by atoms with E-state index in [9.17, 15) is 14.7 Å². The molecule has 0 aromatic heterocycles. The molecule has 0 bridgehead atoms. The summed E-state index contributed by atoms with van der Waals surface area (Å²) in [5, 5.41) is 9.50. The Labute approximate surface area is 108 Å². The van der Waals surface area contributed by atoms with E-state index >= 15 is 0 Å². The molecule has 3 unspecified atom stereocenters. The van der Waals surface area contributed by atoms with Crippen LogP contribution >= 0.6 is 0 Å². The number of hydrogen-bond donors (Lipinski definition) is 1. The average molecular weight is 248 g/mol. The maximum atomic E-state index is 12.4. The van der Waals surface area contributed by atoms with Crippen molar-refractivity contribution in [1.82, 2.24) is 0 Å². The Balaban J connectivity index is 2.50. The smallest absolute Gasteiger partial charge is 0.310 e. The molecule has 18 heavy (non-hydrogen) atoms. The summed E-state index contributed by atoms with van der Waals surface area (Å²) in [6, 6.07) is 0. The molecule has 0 radical (unpaired) electrons. The first-order valence-electron chi connectivity index (χ1n) is 6.47. The number of carboxylic acids is 1. The Morgan fingerprint density at radius 2 is 2.11 bits per heavy atom. The van der Waals surface area contributed by atoms with Crippen molar-refractivity contribution >= 4 is 11.8 Å². The number of fused-ring (bicyclic) bond motifs is 1. The molecule has 0 fully saturated rings. The first-order chi connectivity index (χ1) is 8.36. The molecule has 0 spiro atoms. The highest BCUT2D eigenvalue weighted by Gasteiger charge is 2.50. The lowest BCUT2D eigenvalue weighted by molar-refractivity contribution is -0.156. The fraction of sp³-hybridized carbons (Fsp3) is 0.600. The molecule has 0 saturated carbocycles. The number of allylic oxidation sites excluding steroid dienone is 4. The van der Waals surface area contributed by atoms with E-state index in [4.69, 9.17) is 0 Å². The van der Waals surface area contributed by atoms with Crippen molar-refractivity contribution in [2.24, 2.45) is 17.3 Å². The molecule has 3 heteroatoms. The first kappa shape index (κ1) is 13.1. The number of hydrogen-bond acceptors (Lipinski definition) is 2. The zero-order chi connectivity index (χ0) is 13.5. The van der Waals surface area contributed by atoms with Gasteiger partial charge in [-0.15, -0.1) is 0 Å². The Morgan fingerprint density at radius 3 is 2.72 bits per heavy atom. The highest BCUT2D eigenvalue weighted by molar-refractivity contribution is 5.97. The predicted octanol–water partition coefficient (Wildman–Crippen LogP) is 2.97. The fourth-order valence-electron chi connectivity index (χ4n) is 3.27. The van der Waals surface area contributed by atoms with E-state index in [0.29, 0.717) is 6.42 Å². The fourth-order valence-corrected chi connectivity index (χ4v) is 3.27. The molecule has 0 saturated heterocycles. The van der Waals surface area contributed by atoms with Crippen LogP contribution in [0.2, 0.25) is 0 Å². The summed E-state index contributed by atoms with van der Waals surface area (Å²) in [6.45, 7) is 5.68. The Hall–Kier alpha value is -1.38. The summed E-state index contributed by atoms with van der Waals surface area (Å²) < 4.78 is 0. The normalized spacial score (nSPS) is 36.3. The van der Waals surface area contributed by atoms with Gasteiger partial charge < -0.3 is 5.11 Å². The molecule has 0 aromatic rings. The van der Waals surface area contributed by atoms with Crippen LogP contribution in [-0.4, -0.2) is 16.9 Å². The molecular weight excluding hydrogens is 228 g/mol. The molecule has 0 heterocycles. The third-order valence-electron chi connectivity index (χ3n) is 4.56. The highest BCUT2D eigenvalue weighted by atomic mass is 16.4. The molecule has 3 nitrogen and oxygen atoms in total. The molecule has 2 rings (SSSR count). The Morgan fingerprint density at radius 1 is 1.44 bits per heavy atom. The van der Waals surface area contributed by atoms with Crippen molar-refractivity contribution in [3.05, 3.63) is 23.3 Å². The van der Waals surface area contributed by atoms with Crippen LogP contribution in [-0.2, 0) is 9.59 Å². The van der Waals surface area contributed by atoms with Gasteiger partial charge in [0.25, 0.3) is 0 Å². The van der Waals surface area contributed by atoms with Crippen LogP contribution in [0, 0.1) is 17.3 Å². The van der Waals surface area contributed by atoms with Crippen LogP contribution in [0.3, 0.4) is 0 Å². The topological polar surface area (TPSA) is 54.4 Å². The standard InChI is InChI=1S/C15H20O3/c1-9-4-5-11-10(2)6-7-15(3,14(17)18)13(11)12(16)8-9/h6,8,11,13H,4-5,7H2,1-3H3,(H,17,18). The predicted molar refractivity (Wildman–Crippen MR) is 69.1 cm³/mol. The number of carbonyl (C=O) groups is 2. The van der Waals surface area contributed by atoms with E-state index in [1.165, 1.54) is 5.57 Å². The SMILES string of the molecule is CC1=CC(=O)C2C(CC1)C(C)=CCC2(C)C(=O)O. The van der Waals surface area contributed by atoms with E-state index < -0.39 is 17.3 Å². The van der Waals surface area contributed by atoms with Gasteiger partial charge in [0.15, 0.2) is 5.78 Å². The van der Waals surface area contributed by atoms with Crippen molar-refractivity contribution in [3.63, 3.8) is 0 Å². The van der Waals surface area contributed by atoms with E-state index in [0.717, 1.165) is 18.4 Å². The summed E-state index contributed by atoms with van der Waals surface area (Å²) in [5.41, 5.74) is 1.28. The van der Waals surface area contributed by atoms with Gasteiger partial charge in [0.05, 0.1) is 5.41 Å². The molecule has 98 valence electrons. The van der Waals surface area contributed by atoms with Gasteiger partial charge in [-0.2, -0.15) is 0 Å². The van der Waals surface area contributed by atoms with Gasteiger partial charge in [0, 0.05) is 5.92 Å². The monoisotopic (exact) mass is 248 g/mol. The van der Waals surface area contributed by atoms with Crippen LogP contribution in [0.1, 0.15) is 40.0 Å². The van der Waals surface area contributed by atoms with Crippen molar-refractivity contribution < 1.29 is 14.7 Å². The summed E-state index contributed by atoms with van der Waals surface area (Å²) in [4.78, 5) is 23.9. The molecule has 0 aromatic carbocycles. The number of rotatable bonds is 1. The summed E-state index contributed by atoms with van der Waals surface area (Å²) in [5.74, 6) is -1.19. The van der Waals surface area contributed by atoms with Crippen molar-refractivity contribution in [2.45, 2.75) is 40.0 Å². The summed E-state index contributed by atoms with van der Waals surface area (Å²) >= 11 is 0. The number of ketones is 1. The third kappa shape index (κ3) is 1.92. The Bertz CT molecular complexity index is 458. The number of carbonyl (C=O) groups excluding carboxylic acids is 1. The van der Waals surface area contributed by atoms with Gasteiger partial charge in [0.2, 0.25) is 0 Å². The van der Waals surface area contributed by atoms with Crippen molar-refractivity contribution in [3.8, 4) is 0 Å².